The molecule has 2 saturated carbocycles. The third-order valence-corrected chi connectivity index (χ3v) is 6.24. The predicted octanol–water partition coefficient (Wildman–Crippen LogP) is 5.25. The van der Waals surface area contributed by atoms with E-state index in [9.17, 15) is 4.79 Å². The standard InChI is InChI=1S/C22H34N2O/c1-3-24(20-14-8-5-9-15-20)22(25)18-11-10-16-21(17-18)23(2)19-12-6-4-7-13-19/h10-11,16-17,19-20H,3-9,12-15H2,1-2H3. The van der Waals surface area contributed by atoms with E-state index in [2.05, 4.69) is 42.0 Å². The number of anilines is 1. The lowest BCUT2D eigenvalue weighted by Crippen LogP contribution is -2.41. The van der Waals surface area contributed by atoms with Crippen molar-refractivity contribution in [2.75, 3.05) is 18.5 Å². The van der Waals surface area contributed by atoms with E-state index in [0.717, 1.165) is 12.1 Å². The molecule has 1 aromatic carbocycles. The molecule has 0 aromatic heterocycles. The van der Waals surface area contributed by atoms with Crippen molar-refractivity contribution >= 4 is 11.6 Å². The van der Waals surface area contributed by atoms with Gasteiger partial charge in [0.15, 0.2) is 0 Å². The molecule has 0 N–H and O–H groups in total. The van der Waals surface area contributed by atoms with Crippen LogP contribution in [0.1, 0.15) is 81.5 Å². The van der Waals surface area contributed by atoms with Crippen LogP contribution in [0.15, 0.2) is 24.3 Å². The molecule has 0 saturated heterocycles. The van der Waals surface area contributed by atoms with Gasteiger partial charge < -0.3 is 9.80 Å². The molecule has 0 atom stereocenters. The van der Waals surface area contributed by atoms with Gasteiger partial charge in [-0.05, 0) is 50.8 Å². The molecule has 0 spiro atoms. The Morgan fingerprint density at radius 3 is 2.16 bits per heavy atom. The zero-order valence-electron chi connectivity index (χ0n) is 16.0. The third kappa shape index (κ3) is 4.37. The van der Waals surface area contributed by atoms with E-state index < -0.39 is 0 Å². The lowest BCUT2D eigenvalue weighted by molar-refractivity contribution is 0.0648. The highest BCUT2D eigenvalue weighted by atomic mass is 16.2. The van der Waals surface area contributed by atoms with Gasteiger partial charge in [0.25, 0.3) is 5.91 Å². The van der Waals surface area contributed by atoms with Gasteiger partial charge in [0.1, 0.15) is 0 Å². The largest absolute Gasteiger partial charge is 0.372 e. The number of amides is 1. The molecule has 2 fully saturated rings. The summed E-state index contributed by atoms with van der Waals surface area (Å²) in [6.07, 6.45) is 12.8. The maximum Gasteiger partial charge on any atom is 0.254 e. The van der Waals surface area contributed by atoms with Gasteiger partial charge in [-0.3, -0.25) is 4.79 Å². The fraction of sp³-hybridized carbons (Fsp3) is 0.682. The first-order chi connectivity index (χ1) is 12.2. The molecule has 0 radical (unpaired) electrons. The summed E-state index contributed by atoms with van der Waals surface area (Å²) < 4.78 is 0. The van der Waals surface area contributed by atoms with Crippen molar-refractivity contribution in [1.82, 2.24) is 4.90 Å². The van der Waals surface area contributed by atoms with Crippen LogP contribution in [0.3, 0.4) is 0 Å². The highest BCUT2D eigenvalue weighted by molar-refractivity contribution is 5.95. The number of rotatable bonds is 5. The molecular formula is C22H34N2O. The van der Waals surface area contributed by atoms with E-state index in [4.69, 9.17) is 0 Å². The number of benzene rings is 1. The third-order valence-electron chi connectivity index (χ3n) is 6.24. The van der Waals surface area contributed by atoms with Crippen LogP contribution in [0.2, 0.25) is 0 Å². The average molecular weight is 343 g/mol. The number of hydrogen-bond acceptors (Lipinski definition) is 2. The Morgan fingerprint density at radius 2 is 1.56 bits per heavy atom. The monoisotopic (exact) mass is 342 g/mol. The van der Waals surface area contributed by atoms with Crippen LogP contribution in [0.5, 0.6) is 0 Å². The van der Waals surface area contributed by atoms with Crippen LogP contribution >= 0.6 is 0 Å². The molecule has 1 amide bonds. The summed E-state index contributed by atoms with van der Waals surface area (Å²) in [6, 6.07) is 9.37. The Labute approximate surface area is 153 Å². The Bertz CT molecular complexity index is 559. The molecule has 0 aliphatic heterocycles. The van der Waals surface area contributed by atoms with E-state index in [1.165, 1.54) is 69.9 Å². The molecule has 0 heterocycles. The van der Waals surface area contributed by atoms with Crippen molar-refractivity contribution in [3.05, 3.63) is 29.8 Å². The van der Waals surface area contributed by atoms with Gasteiger partial charge in [-0.25, -0.2) is 0 Å². The molecular weight excluding hydrogens is 308 g/mol. The summed E-state index contributed by atoms with van der Waals surface area (Å²) in [4.78, 5) is 17.6. The number of carbonyl (C=O) groups is 1. The van der Waals surface area contributed by atoms with E-state index in [0.29, 0.717) is 12.1 Å². The van der Waals surface area contributed by atoms with Crippen molar-refractivity contribution in [3.63, 3.8) is 0 Å². The Balaban J connectivity index is 1.73. The SMILES string of the molecule is CCN(C(=O)c1cccc(N(C)C2CCCCC2)c1)C1CCCCC1. The van der Waals surface area contributed by atoms with Gasteiger partial charge in [-0.15, -0.1) is 0 Å². The summed E-state index contributed by atoms with van der Waals surface area (Å²) in [5.74, 6) is 0.216. The molecule has 3 rings (SSSR count). The van der Waals surface area contributed by atoms with Crippen molar-refractivity contribution in [2.24, 2.45) is 0 Å². The molecule has 1 aromatic rings. The number of nitrogens with zero attached hydrogens (tertiary/aromatic N) is 2. The first kappa shape index (κ1) is 18.3. The molecule has 3 nitrogen and oxygen atoms in total. The predicted molar refractivity (Wildman–Crippen MR) is 105 cm³/mol. The highest BCUT2D eigenvalue weighted by Gasteiger charge is 2.25. The van der Waals surface area contributed by atoms with Crippen molar-refractivity contribution in [2.45, 2.75) is 83.2 Å². The molecule has 3 heteroatoms. The second-order valence-corrected chi connectivity index (χ2v) is 7.84. The van der Waals surface area contributed by atoms with E-state index in [1.54, 1.807) is 0 Å². The number of carbonyl (C=O) groups excluding carboxylic acids is 1. The highest BCUT2D eigenvalue weighted by Crippen LogP contribution is 2.28. The van der Waals surface area contributed by atoms with Gasteiger partial charge >= 0.3 is 0 Å². The Morgan fingerprint density at radius 1 is 0.960 bits per heavy atom. The summed E-state index contributed by atoms with van der Waals surface area (Å²) >= 11 is 0. The van der Waals surface area contributed by atoms with Gasteiger partial charge in [-0.2, -0.15) is 0 Å². The maximum atomic E-state index is 13.1. The summed E-state index contributed by atoms with van der Waals surface area (Å²) in [7, 11) is 2.19. The van der Waals surface area contributed by atoms with Gasteiger partial charge in [0, 0.05) is 36.9 Å². The first-order valence-electron chi connectivity index (χ1n) is 10.3. The smallest absolute Gasteiger partial charge is 0.254 e. The fourth-order valence-corrected chi connectivity index (χ4v) is 4.66. The van der Waals surface area contributed by atoms with Crippen molar-refractivity contribution in [1.29, 1.82) is 0 Å². The normalized spacial score (nSPS) is 19.6. The Kier molecular flexibility index (Phi) is 6.39. The van der Waals surface area contributed by atoms with E-state index >= 15 is 0 Å². The second-order valence-electron chi connectivity index (χ2n) is 7.84. The minimum atomic E-state index is 0.216. The summed E-state index contributed by atoms with van der Waals surface area (Å²) in [5, 5.41) is 0. The van der Waals surface area contributed by atoms with Gasteiger partial charge in [-0.1, -0.05) is 44.6 Å². The van der Waals surface area contributed by atoms with Crippen LogP contribution < -0.4 is 4.90 Å². The van der Waals surface area contributed by atoms with Crippen LogP contribution in [-0.2, 0) is 0 Å². The van der Waals surface area contributed by atoms with Gasteiger partial charge in [0.2, 0.25) is 0 Å². The fourth-order valence-electron chi connectivity index (χ4n) is 4.66. The van der Waals surface area contributed by atoms with E-state index in [1.807, 2.05) is 6.07 Å². The lowest BCUT2D eigenvalue weighted by Gasteiger charge is -2.35. The van der Waals surface area contributed by atoms with Crippen LogP contribution in [0.4, 0.5) is 5.69 Å². The van der Waals surface area contributed by atoms with Crippen molar-refractivity contribution in [3.8, 4) is 0 Å². The average Bonchev–Trinajstić information content (AvgIpc) is 2.69. The topological polar surface area (TPSA) is 23.6 Å². The summed E-state index contributed by atoms with van der Waals surface area (Å²) in [5.41, 5.74) is 2.05. The molecule has 2 aliphatic rings. The number of hydrogen-bond donors (Lipinski definition) is 0. The molecule has 0 bridgehead atoms. The minimum Gasteiger partial charge on any atom is -0.372 e. The lowest BCUT2D eigenvalue weighted by atomic mass is 9.93. The molecule has 2 aliphatic carbocycles. The summed E-state index contributed by atoms with van der Waals surface area (Å²) in [6.45, 7) is 2.93. The van der Waals surface area contributed by atoms with Gasteiger partial charge in [0.05, 0.1) is 0 Å². The minimum absolute atomic E-state index is 0.216. The Hall–Kier alpha value is -1.51. The second kappa shape index (κ2) is 8.73. The zero-order valence-corrected chi connectivity index (χ0v) is 16.0. The molecule has 0 unspecified atom stereocenters. The zero-order chi connectivity index (χ0) is 17.6. The quantitative estimate of drug-likeness (QED) is 0.729. The maximum absolute atomic E-state index is 13.1. The molecule has 138 valence electrons. The van der Waals surface area contributed by atoms with Crippen LogP contribution in [-0.4, -0.2) is 36.5 Å². The van der Waals surface area contributed by atoms with Crippen LogP contribution in [0, 0.1) is 0 Å². The first-order valence-corrected chi connectivity index (χ1v) is 10.3. The van der Waals surface area contributed by atoms with Crippen molar-refractivity contribution < 1.29 is 4.79 Å². The van der Waals surface area contributed by atoms with Crippen LogP contribution in [0.25, 0.3) is 0 Å². The van der Waals surface area contributed by atoms with E-state index in [-0.39, 0.29) is 5.91 Å². The molecule has 25 heavy (non-hydrogen) atoms.